The Labute approximate surface area is 122 Å². The van der Waals surface area contributed by atoms with Crippen molar-refractivity contribution < 1.29 is 5.11 Å². The van der Waals surface area contributed by atoms with E-state index >= 15 is 0 Å². The van der Waals surface area contributed by atoms with Crippen LogP contribution in [0.25, 0.3) is 0 Å². The molecule has 0 spiro atoms. The van der Waals surface area contributed by atoms with Crippen LogP contribution < -0.4 is 10.6 Å². The normalized spacial score (nSPS) is 13.3. The molecule has 0 radical (unpaired) electrons. The molecule has 0 aliphatic carbocycles. The highest BCUT2D eigenvalue weighted by atomic mass is 16.3. The molecule has 0 aliphatic rings. The van der Waals surface area contributed by atoms with Crippen molar-refractivity contribution in [1.82, 2.24) is 10.6 Å². The minimum Gasteiger partial charge on any atom is -0.396 e. The zero-order valence-electron chi connectivity index (χ0n) is 12.8. The molecule has 0 fully saturated rings. The molecule has 0 bridgehead atoms. The van der Waals surface area contributed by atoms with Crippen LogP contribution in [0.15, 0.2) is 35.3 Å². The zero-order valence-corrected chi connectivity index (χ0v) is 12.8. The number of nitrogens with one attached hydrogen (secondary N) is 2. The number of hydrogen-bond acceptors (Lipinski definition) is 2. The van der Waals surface area contributed by atoms with Crippen molar-refractivity contribution in [1.29, 1.82) is 0 Å². The van der Waals surface area contributed by atoms with Gasteiger partial charge < -0.3 is 15.7 Å². The topological polar surface area (TPSA) is 56.7 Å². The number of rotatable bonds is 7. The van der Waals surface area contributed by atoms with Gasteiger partial charge in [0.05, 0.1) is 6.61 Å². The molecule has 1 aromatic rings. The molecule has 112 valence electrons. The molecule has 0 aliphatic heterocycles. The van der Waals surface area contributed by atoms with E-state index in [2.05, 4.69) is 29.5 Å². The van der Waals surface area contributed by atoms with Gasteiger partial charge in [-0.2, -0.15) is 0 Å². The Morgan fingerprint density at radius 1 is 1.20 bits per heavy atom. The predicted octanol–water partition coefficient (Wildman–Crippen LogP) is 1.97. The lowest BCUT2D eigenvalue weighted by molar-refractivity contribution is 0.265. The summed E-state index contributed by atoms with van der Waals surface area (Å²) >= 11 is 0. The van der Waals surface area contributed by atoms with Crippen molar-refractivity contribution in [2.24, 2.45) is 10.9 Å². The molecule has 4 nitrogen and oxygen atoms in total. The lowest BCUT2D eigenvalue weighted by Crippen LogP contribution is -2.40. The van der Waals surface area contributed by atoms with Gasteiger partial charge in [0.2, 0.25) is 0 Å². The largest absolute Gasteiger partial charge is 0.396 e. The summed E-state index contributed by atoms with van der Waals surface area (Å²) in [5.41, 5.74) is 1.14. The highest BCUT2D eigenvalue weighted by Crippen LogP contribution is 2.13. The van der Waals surface area contributed by atoms with Crippen molar-refractivity contribution >= 4 is 5.96 Å². The molecule has 0 saturated carbocycles. The van der Waals surface area contributed by atoms with Crippen LogP contribution in [0, 0.1) is 5.92 Å². The van der Waals surface area contributed by atoms with Crippen LogP contribution in [0.4, 0.5) is 0 Å². The number of aliphatic hydroxyl groups is 1. The molecule has 0 heterocycles. The number of aliphatic imine (C=N–C) groups is 1. The molecule has 0 amide bonds. The molecule has 4 heteroatoms. The second kappa shape index (κ2) is 9.37. The van der Waals surface area contributed by atoms with Gasteiger partial charge in [-0.25, -0.2) is 0 Å². The second-order valence-corrected chi connectivity index (χ2v) is 5.35. The van der Waals surface area contributed by atoms with Crippen molar-refractivity contribution in [3.63, 3.8) is 0 Å². The van der Waals surface area contributed by atoms with E-state index in [0.29, 0.717) is 12.5 Å². The Bertz CT molecular complexity index is 390. The van der Waals surface area contributed by atoms with Crippen LogP contribution in [-0.2, 0) is 0 Å². The first-order valence-corrected chi connectivity index (χ1v) is 7.27. The van der Waals surface area contributed by atoms with Crippen molar-refractivity contribution in [3.05, 3.63) is 35.9 Å². The van der Waals surface area contributed by atoms with E-state index in [4.69, 9.17) is 0 Å². The fourth-order valence-electron chi connectivity index (χ4n) is 1.93. The van der Waals surface area contributed by atoms with E-state index < -0.39 is 0 Å². The van der Waals surface area contributed by atoms with Crippen LogP contribution >= 0.6 is 0 Å². The van der Waals surface area contributed by atoms with Gasteiger partial charge in [-0.15, -0.1) is 0 Å². The van der Waals surface area contributed by atoms with Gasteiger partial charge in [0.25, 0.3) is 0 Å². The highest BCUT2D eigenvalue weighted by Gasteiger charge is 2.10. The molecular weight excluding hydrogens is 250 g/mol. The van der Waals surface area contributed by atoms with Gasteiger partial charge in [-0.3, -0.25) is 4.99 Å². The Morgan fingerprint density at radius 3 is 2.45 bits per heavy atom. The number of hydrogen-bond donors (Lipinski definition) is 3. The molecule has 0 saturated heterocycles. The summed E-state index contributed by atoms with van der Waals surface area (Å²) in [6.45, 7) is 6.11. The number of guanidine groups is 1. The van der Waals surface area contributed by atoms with Crippen molar-refractivity contribution in [2.75, 3.05) is 26.7 Å². The molecule has 1 unspecified atom stereocenters. The average molecular weight is 277 g/mol. The van der Waals surface area contributed by atoms with Crippen LogP contribution in [0.1, 0.15) is 31.7 Å². The van der Waals surface area contributed by atoms with Gasteiger partial charge in [0.1, 0.15) is 0 Å². The summed E-state index contributed by atoms with van der Waals surface area (Å²) in [5.74, 6) is 1.55. The summed E-state index contributed by atoms with van der Waals surface area (Å²) in [7, 11) is 1.77. The molecule has 20 heavy (non-hydrogen) atoms. The first kappa shape index (κ1) is 16.5. The molecule has 1 aromatic carbocycles. The van der Waals surface area contributed by atoms with E-state index in [9.17, 15) is 5.11 Å². The smallest absolute Gasteiger partial charge is 0.190 e. The Balaban J connectivity index is 2.42. The van der Waals surface area contributed by atoms with E-state index in [-0.39, 0.29) is 12.5 Å². The summed E-state index contributed by atoms with van der Waals surface area (Å²) < 4.78 is 0. The Kier molecular flexibility index (Phi) is 7.73. The summed E-state index contributed by atoms with van der Waals surface area (Å²) in [5, 5.41) is 16.1. The van der Waals surface area contributed by atoms with E-state index in [1.54, 1.807) is 7.05 Å². The fraction of sp³-hybridized carbons (Fsp3) is 0.562. The van der Waals surface area contributed by atoms with Crippen LogP contribution in [0.2, 0.25) is 0 Å². The van der Waals surface area contributed by atoms with Crippen molar-refractivity contribution in [2.45, 2.75) is 26.2 Å². The lowest BCUT2D eigenvalue weighted by Gasteiger charge is -2.18. The van der Waals surface area contributed by atoms with Crippen LogP contribution in [-0.4, -0.2) is 37.8 Å². The third-order valence-electron chi connectivity index (χ3n) is 3.25. The summed E-state index contributed by atoms with van der Waals surface area (Å²) in [6.07, 6.45) is 1.11. The minimum absolute atomic E-state index is 0.0832. The van der Waals surface area contributed by atoms with Crippen LogP contribution in [0.5, 0.6) is 0 Å². The first-order chi connectivity index (χ1) is 9.67. The summed E-state index contributed by atoms with van der Waals surface area (Å²) in [4.78, 5) is 4.20. The Morgan fingerprint density at radius 2 is 1.90 bits per heavy atom. The molecular formula is C16H27N3O. The first-order valence-electron chi connectivity index (χ1n) is 7.27. The maximum atomic E-state index is 9.51. The second-order valence-electron chi connectivity index (χ2n) is 5.35. The van der Waals surface area contributed by atoms with Gasteiger partial charge in [0.15, 0.2) is 5.96 Å². The SMILES string of the molecule is CN=C(NCCC(C)C)NCC(CO)c1ccccc1. The third kappa shape index (κ3) is 6.06. The maximum Gasteiger partial charge on any atom is 0.190 e. The van der Waals surface area contributed by atoms with Gasteiger partial charge >= 0.3 is 0 Å². The lowest BCUT2D eigenvalue weighted by atomic mass is 10.0. The number of benzene rings is 1. The zero-order chi connectivity index (χ0) is 14.8. The quantitative estimate of drug-likeness (QED) is 0.527. The van der Waals surface area contributed by atoms with Gasteiger partial charge in [-0.1, -0.05) is 44.2 Å². The molecule has 0 aromatic heterocycles. The number of nitrogens with zero attached hydrogens (tertiary/aromatic N) is 1. The van der Waals surface area contributed by atoms with Gasteiger partial charge in [0, 0.05) is 26.1 Å². The standard InChI is InChI=1S/C16H27N3O/c1-13(2)9-10-18-16(17-3)19-11-15(12-20)14-7-5-4-6-8-14/h4-8,13,15,20H,9-12H2,1-3H3,(H2,17,18,19). The monoisotopic (exact) mass is 277 g/mol. The van der Waals surface area contributed by atoms with Crippen LogP contribution in [0.3, 0.4) is 0 Å². The Hall–Kier alpha value is -1.55. The van der Waals surface area contributed by atoms with Crippen molar-refractivity contribution in [3.8, 4) is 0 Å². The fourth-order valence-corrected chi connectivity index (χ4v) is 1.93. The van der Waals surface area contributed by atoms with E-state index in [0.717, 1.165) is 24.5 Å². The highest BCUT2D eigenvalue weighted by molar-refractivity contribution is 5.79. The third-order valence-corrected chi connectivity index (χ3v) is 3.25. The summed E-state index contributed by atoms with van der Waals surface area (Å²) in [6, 6.07) is 10.0. The minimum atomic E-state index is 0.0832. The predicted molar refractivity (Wildman–Crippen MR) is 85.1 cm³/mol. The van der Waals surface area contributed by atoms with Gasteiger partial charge in [-0.05, 0) is 17.9 Å². The molecule has 3 N–H and O–H groups in total. The molecule has 1 rings (SSSR count). The molecule has 1 atom stereocenters. The number of aliphatic hydroxyl groups excluding tert-OH is 1. The average Bonchev–Trinajstić information content (AvgIpc) is 2.46. The maximum absolute atomic E-state index is 9.51. The van der Waals surface area contributed by atoms with E-state index in [1.165, 1.54) is 0 Å². The van der Waals surface area contributed by atoms with E-state index in [1.807, 2.05) is 30.3 Å².